The van der Waals surface area contributed by atoms with E-state index in [1.165, 1.54) is 25.3 Å². The Bertz CT molecular complexity index is 568. The molecule has 0 radical (unpaired) electrons. The molecule has 2 atom stereocenters. The van der Waals surface area contributed by atoms with Crippen LogP contribution in [0.2, 0.25) is 0 Å². The summed E-state index contributed by atoms with van der Waals surface area (Å²) >= 11 is 0. The van der Waals surface area contributed by atoms with Crippen molar-refractivity contribution in [2.45, 2.75) is 12.1 Å². The van der Waals surface area contributed by atoms with Crippen molar-refractivity contribution in [2.24, 2.45) is 4.99 Å². The molecule has 0 aliphatic rings. The first-order valence-electron chi connectivity index (χ1n) is 6.12. The Hall–Kier alpha value is -2.90. The highest BCUT2D eigenvalue weighted by Gasteiger charge is 2.29. The maximum absolute atomic E-state index is 11.5. The molecular formula is C13H15N3O6. The standard InChI is InChI=1S/C13H15N3O6/c1-22-9-4-2-8(3-5-9)11(18)10(12(19)20)16-13(21)15-6-14-7-17/h2-5,10-11,18H,6H2,1H3,(H,19,20)(H2,15,16,21). The molecule has 0 saturated carbocycles. The SMILES string of the molecule is COc1ccc(C(O)C(NC(=O)NCN=C=O)C(=O)O)cc1. The minimum absolute atomic E-state index is 0.291. The monoisotopic (exact) mass is 309 g/mol. The van der Waals surface area contributed by atoms with Gasteiger partial charge in [0.2, 0.25) is 6.08 Å². The van der Waals surface area contributed by atoms with E-state index in [4.69, 9.17) is 9.84 Å². The summed E-state index contributed by atoms with van der Waals surface area (Å²) in [5.74, 6) is -0.877. The number of carboxylic acid groups (broad SMARTS) is 1. The van der Waals surface area contributed by atoms with Crippen molar-refractivity contribution in [1.82, 2.24) is 10.6 Å². The normalized spacial score (nSPS) is 12.5. The van der Waals surface area contributed by atoms with E-state index in [9.17, 15) is 19.5 Å². The van der Waals surface area contributed by atoms with E-state index < -0.39 is 24.1 Å². The second-order valence-corrected chi connectivity index (χ2v) is 4.09. The first-order chi connectivity index (χ1) is 10.5. The predicted octanol–water partition coefficient (Wildman–Crippen LogP) is -0.226. The molecule has 2 amide bonds. The summed E-state index contributed by atoms with van der Waals surface area (Å²) < 4.78 is 4.96. The largest absolute Gasteiger partial charge is 0.497 e. The van der Waals surface area contributed by atoms with Crippen LogP contribution >= 0.6 is 0 Å². The summed E-state index contributed by atoms with van der Waals surface area (Å²) in [4.78, 5) is 35.6. The number of rotatable bonds is 7. The third kappa shape index (κ3) is 4.89. The van der Waals surface area contributed by atoms with Gasteiger partial charge in [0, 0.05) is 0 Å². The Labute approximate surface area is 125 Å². The summed E-state index contributed by atoms with van der Waals surface area (Å²) in [6, 6.07) is 3.60. The van der Waals surface area contributed by atoms with Crippen LogP contribution in [0.25, 0.3) is 0 Å². The number of aliphatic imine (C=N–C) groups is 1. The second-order valence-electron chi connectivity index (χ2n) is 4.09. The maximum Gasteiger partial charge on any atom is 0.329 e. The molecule has 0 saturated heterocycles. The number of urea groups is 1. The number of nitrogens with zero attached hydrogens (tertiary/aromatic N) is 1. The molecule has 9 heteroatoms. The molecule has 0 bridgehead atoms. The van der Waals surface area contributed by atoms with E-state index in [1.807, 2.05) is 0 Å². The van der Waals surface area contributed by atoms with Crippen molar-refractivity contribution >= 4 is 18.1 Å². The zero-order valence-corrected chi connectivity index (χ0v) is 11.6. The first kappa shape index (κ1) is 17.2. The van der Waals surface area contributed by atoms with Crippen LogP contribution in [0.5, 0.6) is 5.75 Å². The first-order valence-corrected chi connectivity index (χ1v) is 6.12. The fourth-order valence-electron chi connectivity index (χ4n) is 1.61. The molecule has 0 aliphatic carbocycles. The minimum atomic E-state index is -1.58. The summed E-state index contributed by atoms with van der Waals surface area (Å²) in [6.07, 6.45) is -0.255. The average molecular weight is 309 g/mol. The van der Waals surface area contributed by atoms with E-state index in [0.29, 0.717) is 11.3 Å². The number of hydrogen-bond donors (Lipinski definition) is 4. The highest BCUT2D eigenvalue weighted by molar-refractivity contribution is 5.83. The number of carboxylic acids is 1. The van der Waals surface area contributed by atoms with Gasteiger partial charge in [-0.25, -0.2) is 14.4 Å². The number of carbonyl (C=O) groups is 2. The molecule has 4 N–H and O–H groups in total. The van der Waals surface area contributed by atoms with E-state index in [0.717, 1.165) is 0 Å². The van der Waals surface area contributed by atoms with Crippen LogP contribution in [0.15, 0.2) is 29.3 Å². The summed E-state index contributed by atoms with van der Waals surface area (Å²) in [5.41, 5.74) is 0.291. The van der Waals surface area contributed by atoms with Gasteiger partial charge in [-0.2, -0.15) is 4.99 Å². The molecule has 0 spiro atoms. The molecule has 0 heterocycles. The molecule has 22 heavy (non-hydrogen) atoms. The lowest BCUT2D eigenvalue weighted by Crippen LogP contribution is -2.49. The number of aliphatic carboxylic acids is 1. The zero-order valence-electron chi connectivity index (χ0n) is 11.6. The molecule has 118 valence electrons. The Morgan fingerprint density at radius 1 is 1.36 bits per heavy atom. The lowest BCUT2D eigenvalue weighted by Gasteiger charge is -2.20. The summed E-state index contributed by atoms with van der Waals surface area (Å²) in [5, 5.41) is 23.4. The third-order valence-corrected chi connectivity index (χ3v) is 2.71. The van der Waals surface area contributed by atoms with Crippen LogP contribution < -0.4 is 15.4 Å². The van der Waals surface area contributed by atoms with Crippen molar-refractivity contribution in [3.8, 4) is 5.75 Å². The van der Waals surface area contributed by atoms with Crippen molar-refractivity contribution in [3.05, 3.63) is 29.8 Å². The van der Waals surface area contributed by atoms with Crippen LogP contribution in [0, 0.1) is 0 Å². The number of aliphatic hydroxyl groups is 1. The van der Waals surface area contributed by atoms with Crippen LogP contribution in [0.4, 0.5) is 4.79 Å². The summed E-state index contributed by atoms with van der Waals surface area (Å²) in [7, 11) is 1.47. The lowest BCUT2D eigenvalue weighted by molar-refractivity contribution is -0.142. The number of ether oxygens (including phenoxy) is 1. The van der Waals surface area contributed by atoms with Gasteiger partial charge < -0.3 is 25.6 Å². The fourth-order valence-corrected chi connectivity index (χ4v) is 1.61. The third-order valence-electron chi connectivity index (χ3n) is 2.71. The molecule has 0 fully saturated rings. The smallest absolute Gasteiger partial charge is 0.329 e. The molecule has 9 nitrogen and oxygen atoms in total. The Morgan fingerprint density at radius 3 is 2.50 bits per heavy atom. The van der Waals surface area contributed by atoms with Gasteiger partial charge in [-0.05, 0) is 17.7 Å². The van der Waals surface area contributed by atoms with E-state index in [-0.39, 0.29) is 6.67 Å². The van der Waals surface area contributed by atoms with Gasteiger partial charge in [-0.3, -0.25) is 0 Å². The van der Waals surface area contributed by atoms with Gasteiger partial charge in [0.15, 0.2) is 6.04 Å². The number of nitrogens with one attached hydrogen (secondary N) is 2. The Balaban J connectivity index is 2.78. The number of carbonyl (C=O) groups excluding carboxylic acids is 2. The van der Waals surface area contributed by atoms with Gasteiger partial charge in [-0.1, -0.05) is 12.1 Å². The number of isocyanates is 1. The predicted molar refractivity (Wildman–Crippen MR) is 74.0 cm³/mol. The van der Waals surface area contributed by atoms with Crippen LogP contribution in [0.3, 0.4) is 0 Å². The van der Waals surface area contributed by atoms with Gasteiger partial charge >= 0.3 is 12.0 Å². The minimum Gasteiger partial charge on any atom is -0.497 e. The van der Waals surface area contributed by atoms with Gasteiger partial charge in [-0.15, -0.1) is 0 Å². The molecule has 1 rings (SSSR count). The van der Waals surface area contributed by atoms with Crippen molar-refractivity contribution < 1.29 is 29.3 Å². The highest BCUT2D eigenvalue weighted by Crippen LogP contribution is 2.20. The fraction of sp³-hybridized carbons (Fsp3) is 0.308. The van der Waals surface area contributed by atoms with Crippen LogP contribution in [-0.4, -0.2) is 48.1 Å². The number of hydrogen-bond acceptors (Lipinski definition) is 6. The number of methoxy groups -OCH3 is 1. The molecule has 0 aliphatic heterocycles. The van der Waals surface area contributed by atoms with Crippen molar-refractivity contribution in [1.29, 1.82) is 0 Å². The lowest BCUT2D eigenvalue weighted by atomic mass is 10.0. The molecular weight excluding hydrogens is 294 g/mol. The van der Waals surface area contributed by atoms with Crippen molar-refractivity contribution in [2.75, 3.05) is 13.8 Å². The average Bonchev–Trinajstić information content (AvgIpc) is 2.52. The molecule has 0 aromatic heterocycles. The van der Waals surface area contributed by atoms with Gasteiger partial charge in [0.25, 0.3) is 0 Å². The Morgan fingerprint density at radius 2 is 2.00 bits per heavy atom. The second kappa shape index (κ2) is 8.40. The van der Waals surface area contributed by atoms with Crippen molar-refractivity contribution in [3.63, 3.8) is 0 Å². The number of aliphatic hydroxyl groups excluding tert-OH is 1. The Kier molecular flexibility index (Phi) is 6.55. The topological polar surface area (TPSA) is 137 Å². The van der Waals surface area contributed by atoms with E-state index in [1.54, 1.807) is 12.1 Å². The quantitative estimate of drug-likeness (QED) is 0.406. The van der Waals surface area contributed by atoms with E-state index in [2.05, 4.69) is 15.6 Å². The maximum atomic E-state index is 11.5. The van der Waals surface area contributed by atoms with Crippen LogP contribution in [-0.2, 0) is 9.59 Å². The molecule has 1 aromatic rings. The van der Waals surface area contributed by atoms with Crippen LogP contribution in [0.1, 0.15) is 11.7 Å². The summed E-state index contributed by atoms with van der Waals surface area (Å²) in [6.45, 7) is -0.347. The number of amides is 2. The molecule has 2 unspecified atom stereocenters. The molecule has 1 aromatic carbocycles. The van der Waals surface area contributed by atoms with E-state index >= 15 is 0 Å². The van der Waals surface area contributed by atoms with Gasteiger partial charge in [0.05, 0.1) is 7.11 Å². The highest BCUT2D eigenvalue weighted by atomic mass is 16.5. The zero-order chi connectivity index (χ0) is 16.5. The van der Waals surface area contributed by atoms with Gasteiger partial charge in [0.1, 0.15) is 18.5 Å². The number of benzene rings is 1.